The highest BCUT2D eigenvalue weighted by atomic mass is 79.9. The van der Waals surface area contributed by atoms with E-state index in [0.29, 0.717) is 0 Å². The first-order valence-corrected chi connectivity index (χ1v) is 5.17. The van der Waals surface area contributed by atoms with Crippen molar-refractivity contribution in [1.82, 2.24) is 0 Å². The summed E-state index contributed by atoms with van der Waals surface area (Å²) in [7, 11) is 0. The van der Waals surface area contributed by atoms with Crippen LogP contribution >= 0.6 is 15.9 Å². The Hall–Kier alpha value is -0.540. The van der Waals surface area contributed by atoms with Crippen LogP contribution in [0.4, 0.5) is 0 Å². The van der Waals surface area contributed by atoms with Crippen LogP contribution < -0.4 is 10.5 Å². The van der Waals surface area contributed by atoms with Gasteiger partial charge in [-0.15, -0.1) is 0 Å². The number of halogens is 1. The molecule has 0 radical (unpaired) electrons. The van der Waals surface area contributed by atoms with Crippen LogP contribution in [0.25, 0.3) is 0 Å². The number of nitrogens with two attached hydrogens (primary N) is 1. The van der Waals surface area contributed by atoms with Gasteiger partial charge in [0.15, 0.2) is 0 Å². The summed E-state index contributed by atoms with van der Waals surface area (Å²) in [5, 5.41) is 0. The summed E-state index contributed by atoms with van der Waals surface area (Å²) >= 11 is 3.47. The van der Waals surface area contributed by atoms with Crippen LogP contribution in [0, 0.1) is 6.92 Å². The van der Waals surface area contributed by atoms with Gasteiger partial charge in [0.25, 0.3) is 0 Å². The average Bonchev–Trinajstić information content (AvgIpc) is 2.12. The molecule has 0 bridgehead atoms. The Morgan fingerprint density at radius 1 is 1.54 bits per heavy atom. The molecule has 1 heterocycles. The monoisotopic (exact) mass is 241 g/mol. The molecule has 0 amide bonds. The predicted molar refractivity (Wildman–Crippen MR) is 55.9 cm³/mol. The summed E-state index contributed by atoms with van der Waals surface area (Å²) in [6, 6.07) is 4.20. The van der Waals surface area contributed by atoms with Gasteiger partial charge in [-0.3, -0.25) is 0 Å². The average molecular weight is 242 g/mol. The van der Waals surface area contributed by atoms with Gasteiger partial charge < -0.3 is 10.5 Å². The first kappa shape index (κ1) is 9.03. The highest BCUT2D eigenvalue weighted by Crippen LogP contribution is 2.36. The summed E-state index contributed by atoms with van der Waals surface area (Å²) < 4.78 is 6.68. The van der Waals surface area contributed by atoms with E-state index in [1.807, 2.05) is 19.1 Å². The van der Waals surface area contributed by atoms with Crippen molar-refractivity contribution in [2.45, 2.75) is 19.4 Å². The highest BCUT2D eigenvalue weighted by Gasteiger charge is 2.20. The van der Waals surface area contributed by atoms with Gasteiger partial charge in [0, 0.05) is 28.1 Å². The van der Waals surface area contributed by atoms with Crippen LogP contribution in [0.15, 0.2) is 16.6 Å². The van der Waals surface area contributed by atoms with Crippen molar-refractivity contribution in [3.8, 4) is 5.75 Å². The summed E-state index contributed by atoms with van der Waals surface area (Å²) in [6.45, 7) is 2.77. The van der Waals surface area contributed by atoms with Crippen LogP contribution in [-0.2, 0) is 0 Å². The van der Waals surface area contributed by atoms with Crippen LogP contribution in [0.2, 0.25) is 0 Å². The first-order chi connectivity index (χ1) is 6.20. The van der Waals surface area contributed by atoms with Crippen molar-refractivity contribution in [3.63, 3.8) is 0 Å². The van der Waals surface area contributed by atoms with E-state index in [-0.39, 0.29) is 6.04 Å². The molecule has 0 fully saturated rings. The Kier molecular flexibility index (Phi) is 2.30. The van der Waals surface area contributed by atoms with Crippen LogP contribution in [0.1, 0.15) is 23.6 Å². The normalized spacial score (nSPS) is 20.7. The molecule has 0 aliphatic carbocycles. The number of ether oxygens (including phenoxy) is 1. The molecule has 0 saturated heterocycles. The molecule has 1 aromatic rings. The fourth-order valence-corrected chi connectivity index (χ4v) is 1.93. The molecular formula is C10H12BrNO. The van der Waals surface area contributed by atoms with Crippen LogP contribution in [0.5, 0.6) is 5.75 Å². The summed E-state index contributed by atoms with van der Waals surface area (Å²) in [4.78, 5) is 0. The molecule has 1 aromatic carbocycles. The number of hydrogen-bond donors (Lipinski definition) is 1. The molecule has 0 spiro atoms. The van der Waals surface area contributed by atoms with Crippen LogP contribution in [0.3, 0.4) is 0 Å². The topological polar surface area (TPSA) is 35.2 Å². The second-order valence-electron chi connectivity index (χ2n) is 3.33. The predicted octanol–water partition coefficient (Wildman–Crippen LogP) is 2.54. The Bertz CT molecular complexity index is 338. The lowest BCUT2D eigenvalue weighted by Crippen LogP contribution is -2.21. The lowest BCUT2D eigenvalue weighted by atomic mass is 9.99. The fraction of sp³-hybridized carbons (Fsp3) is 0.400. The smallest absolute Gasteiger partial charge is 0.128 e. The molecule has 13 heavy (non-hydrogen) atoms. The van der Waals surface area contributed by atoms with E-state index in [1.54, 1.807) is 0 Å². The maximum absolute atomic E-state index is 5.97. The third-order valence-electron chi connectivity index (χ3n) is 2.44. The van der Waals surface area contributed by atoms with Gasteiger partial charge in [-0.05, 0) is 13.0 Å². The zero-order chi connectivity index (χ0) is 9.42. The molecule has 2 nitrogen and oxygen atoms in total. The zero-order valence-electron chi connectivity index (χ0n) is 7.51. The Labute approximate surface area is 86.2 Å². The van der Waals surface area contributed by atoms with Gasteiger partial charge in [0.05, 0.1) is 6.61 Å². The van der Waals surface area contributed by atoms with E-state index in [4.69, 9.17) is 10.5 Å². The standard InChI is InChI=1S/C10H12BrNO/c1-6-8(11)3-2-7-9(12)4-5-13-10(6)7/h2-3,9H,4-5,12H2,1H3. The molecule has 0 saturated carbocycles. The molecule has 3 heteroatoms. The number of fused-ring (bicyclic) bond motifs is 1. The Balaban J connectivity index is 2.56. The van der Waals surface area contributed by atoms with Gasteiger partial charge >= 0.3 is 0 Å². The quantitative estimate of drug-likeness (QED) is 0.758. The van der Waals surface area contributed by atoms with Crippen LogP contribution in [-0.4, -0.2) is 6.61 Å². The van der Waals surface area contributed by atoms with Crippen molar-refractivity contribution in [1.29, 1.82) is 0 Å². The van der Waals surface area contributed by atoms with Gasteiger partial charge in [0.1, 0.15) is 5.75 Å². The van der Waals surface area contributed by atoms with Crippen molar-refractivity contribution in [2.24, 2.45) is 5.73 Å². The number of hydrogen-bond acceptors (Lipinski definition) is 2. The summed E-state index contributed by atoms with van der Waals surface area (Å²) in [6.07, 6.45) is 0.911. The van der Waals surface area contributed by atoms with E-state index in [0.717, 1.165) is 34.4 Å². The second-order valence-corrected chi connectivity index (χ2v) is 4.19. The molecule has 1 aliphatic rings. The molecule has 2 rings (SSSR count). The minimum absolute atomic E-state index is 0.135. The van der Waals surface area contributed by atoms with Gasteiger partial charge in [-0.25, -0.2) is 0 Å². The van der Waals surface area contributed by atoms with Gasteiger partial charge in [-0.2, -0.15) is 0 Å². The number of rotatable bonds is 0. The fourth-order valence-electron chi connectivity index (χ4n) is 1.62. The Morgan fingerprint density at radius 3 is 3.08 bits per heavy atom. The maximum atomic E-state index is 5.97. The molecular weight excluding hydrogens is 230 g/mol. The Morgan fingerprint density at radius 2 is 2.31 bits per heavy atom. The van der Waals surface area contributed by atoms with Crippen molar-refractivity contribution in [3.05, 3.63) is 27.7 Å². The van der Waals surface area contributed by atoms with E-state index in [1.165, 1.54) is 0 Å². The maximum Gasteiger partial charge on any atom is 0.128 e. The third-order valence-corrected chi connectivity index (χ3v) is 3.30. The SMILES string of the molecule is Cc1c(Br)ccc2c1OCCC2N. The molecule has 70 valence electrons. The zero-order valence-corrected chi connectivity index (χ0v) is 9.10. The third kappa shape index (κ3) is 1.46. The van der Waals surface area contributed by atoms with E-state index in [2.05, 4.69) is 15.9 Å². The van der Waals surface area contributed by atoms with Gasteiger partial charge in [0.2, 0.25) is 0 Å². The van der Waals surface area contributed by atoms with E-state index < -0.39 is 0 Å². The van der Waals surface area contributed by atoms with Gasteiger partial charge in [-0.1, -0.05) is 22.0 Å². The largest absolute Gasteiger partial charge is 0.493 e. The van der Waals surface area contributed by atoms with Crippen molar-refractivity contribution < 1.29 is 4.74 Å². The molecule has 1 atom stereocenters. The highest BCUT2D eigenvalue weighted by molar-refractivity contribution is 9.10. The lowest BCUT2D eigenvalue weighted by Gasteiger charge is -2.24. The number of benzene rings is 1. The van der Waals surface area contributed by atoms with Crippen molar-refractivity contribution >= 4 is 15.9 Å². The summed E-state index contributed by atoms with van der Waals surface area (Å²) in [5.41, 5.74) is 8.25. The first-order valence-electron chi connectivity index (χ1n) is 4.37. The minimum atomic E-state index is 0.135. The van der Waals surface area contributed by atoms with E-state index >= 15 is 0 Å². The second kappa shape index (κ2) is 3.31. The molecule has 1 aliphatic heterocycles. The summed E-state index contributed by atoms with van der Waals surface area (Å²) in [5.74, 6) is 0.966. The van der Waals surface area contributed by atoms with E-state index in [9.17, 15) is 0 Å². The minimum Gasteiger partial charge on any atom is -0.493 e. The lowest BCUT2D eigenvalue weighted by molar-refractivity contribution is 0.267. The molecule has 1 unspecified atom stereocenters. The molecule has 2 N–H and O–H groups in total. The molecule has 0 aromatic heterocycles. The van der Waals surface area contributed by atoms with Crippen molar-refractivity contribution in [2.75, 3.05) is 6.61 Å².